The number of amides is 1. The van der Waals surface area contributed by atoms with E-state index in [1.165, 1.54) is 24.5 Å². The highest BCUT2D eigenvalue weighted by Gasteiger charge is 2.11. The minimum absolute atomic E-state index is 0.171. The number of nitrogens with zero attached hydrogens (tertiary/aromatic N) is 2. The van der Waals surface area contributed by atoms with Crippen LogP contribution in [0.1, 0.15) is 16.2 Å². The lowest BCUT2D eigenvalue weighted by Crippen LogP contribution is -2.30. The quantitative estimate of drug-likeness (QED) is 0.845. The van der Waals surface area contributed by atoms with Gasteiger partial charge < -0.3 is 0 Å². The Kier molecular flexibility index (Phi) is 4.65. The highest BCUT2D eigenvalue weighted by molar-refractivity contribution is 6.41. The second kappa shape index (κ2) is 6.26. The molecule has 20 heavy (non-hydrogen) atoms. The van der Waals surface area contributed by atoms with Crippen LogP contribution in [-0.4, -0.2) is 15.9 Å². The number of carbonyl (C=O) groups excluding carboxylic acids is 1. The van der Waals surface area contributed by atoms with Gasteiger partial charge in [-0.05, 0) is 19.1 Å². The first-order valence-corrected chi connectivity index (χ1v) is 6.60. The van der Waals surface area contributed by atoms with Crippen LogP contribution in [0.5, 0.6) is 0 Å². The van der Waals surface area contributed by atoms with E-state index in [0.717, 1.165) is 5.69 Å². The third-order valence-corrected chi connectivity index (χ3v) is 3.14. The SMILES string of the molecule is Cc1cnc(C(=O)NNc2c(Cl)cc(Cl)cc2Cl)cn1. The summed E-state index contributed by atoms with van der Waals surface area (Å²) in [5.74, 6) is -0.459. The first kappa shape index (κ1) is 14.8. The molecule has 2 aromatic rings. The first-order valence-electron chi connectivity index (χ1n) is 5.47. The zero-order valence-corrected chi connectivity index (χ0v) is 12.5. The summed E-state index contributed by atoms with van der Waals surface area (Å²) in [5, 5.41) is 0.983. The van der Waals surface area contributed by atoms with E-state index in [1.54, 1.807) is 6.92 Å². The highest BCUT2D eigenvalue weighted by Crippen LogP contribution is 2.33. The number of hydrogen-bond donors (Lipinski definition) is 2. The molecule has 1 amide bonds. The van der Waals surface area contributed by atoms with Crippen LogP contribution in [0.25, 0.3) is 0 Å². The van der Waals surface area contributed by atoms with Crippen molar-refractivity contribution in [2.45, 2.75) is 6.92 Å². The van der Waals surface area contributed by atoms with Crippen LogP contribution in [0.15, 0.2) is 24.5 Å². The molecule has 104 valence electrons. The van der Waals surface area contributed by atoms with E-state index in [-0.39, 0.29) is 15.7 Å². The predicted octanol–water partition coefficient (Wildman–Crippen LogP) is 3.50. The zero-order chi connectivity index (χ0) is 14.7. The standard InChI is InChI=1S/C12H9Cl3N4O/c1-6-4-17-10(5-16-6)12(20)19-18-11-8(14)2-7(13)3-9(11)15/h2-5,18H,1H3,(H,19,20). The molecule has 0 saturated carbocycles. The topological polar surface area (TPSA) is 66.9 Å². The molecule has 0 aliphatic rings. The van der Waals surface area contributed by atoms with Crippen molar-refractivity contribution in [2.24, 2.45) is 0 Å². The number of aryl methyl sites for hydroxylation is 1. The summed E-state index contributed by atoms with van der Waals surface area (Å²) in [7, 11) is 0. The summed E-state index contributed by atoms with van der Waals surface area (Å²) in [4.78, 5) is 19.8. The Morgan fingerprint density at radius 2 is 1.75 bits per heavy atom. The van der Waals surface area contributed by atoms with Crippen LogP contribution >= 0.6 is 34.8 Å². The number of hydrogen-bond acceptors (Lipinski definition) is 4. The molecule has 0 bridgehead atoms. The van der Waals surface area contributed by atoms with Gasteiger partial charge in [0.15, 0.2) is 0 Å². The lowest BCUT2D eigenvalue weighted by molar-refractivity contribution is 0.0957. The van der Waals surface area contributed by atoms with Crippen molar-refractivity contribution in [2.75, 3.05) is 5.43 Å². The van der Waals surface area contributed by atoms with E-state index < -0.39 is 5.91 Å². The van der Waals surface area contributed by atoms with Crippen LogP contribution < -0.4 is 10.9 Å². The smallest absolute Gasteiger partial charge is 0.289 e. The second-order valence-corrected chi connectivity index (χ2v) is 5.12. The van der Waals surface area contributed by atoms with E-state index in [1.807, 2.05) is 0 Å². The van der Waals surface area contributed by atoms with Gasteiger partial charge in [-0.1, -0.05) is 34.8 Å². The van der Waals surface area contributed by atoms with Crippen LogP contribution in [-0.2, 0) is 0 Å². The number of carbonyl (C=O) groups is 1. The summed E-state index contributed by atoms with van der Waals surface area (Å²) >= 11 is 17.7. The maximum Gasteiger partial charge on any atom is 0.289 e. The molecule has 0 radical (unpaired) electrons. The molecular weight excluding hydrogens is 323 g/mol. The van der Waals surface area contributed by atoms with Crippen molar-refractivity contribution < 1.29 is 4.79 Å². The third-order valence-electron chi connectivity index (χ3n) is 2.32. The van der Waals surface area contributed by atoms with Gasteiger partial charge in [0.25, 0.3) is 5.91 Å². The van der Waals surface area contributed by atoms with Gasteiger partial charge in [-0.2, -0.15) is 0 Å². The highest BCUT2D eigenvalue weighted by atomic mass is 35.5. The molecule has 0 spiro atoms. The van der Waals surface area contributed by atoms with E-state index in [2.05, 4.69) is 20.8 Å². The van der Waals surface area contributed by atoms with Crippen molar-refractivity contribution in [1.82, 2.24) is 15.4 Å². The molecule has 1 heterocycles. The molecule has 0 fully saturated rings. The van der Waals surface area contributed by atoms with Gasteiger partial charge in [0.2, 0.25) is 0 Å². The first-order chi connectivity index (χ1) is 9.47. The minimum Gasteiger partial charge on any atom is -0.295 e. The summed E-state index contributed by atoms with van der Waals surface area (Å²) in [6.45, 7) is 1.78. The van der Waals surface area contributed by atoms with Crippen molar-refractivity contribution >= 4 is 46.4 Å². The zero-order valence-electron chi connectivity index (χ0n) is 10.2. The maximum absolute atomic E-state index is 11.8. The third kappa shape index (κ3) is 3.50. The number of nitrogens with one attached hydrogen (secondary N) is 2. The van der Waals surface area contributed by atoms with Gasteiger partial charge in [0.1, 0.15) is 5.69 Å². The van der Waals surface area contributed by atoms with Gasteiger partial charge in [0, 0.05) is 11.2 Å². The molecule has 0 aliphatic carbocycles. The molecule has 0 atom stereocenters. The monoisotopic (exact) mass is 330 g/mol. The molecule has 1 aromatic heterocycles. The molecule has 2 N–H and O–H groups in total. The predicted molar refractivity (Wildman–Crippen MR) is 79.3 cm³/mol. The number of rotatable bonds is 3. The van der Waals surface area contributed by atoms with Crippen molar-refractivity contribution in [3.05, 3.63) is 51.0 Å². The minimum atomic E-state index is -0.459. The van der Waals surface area contributed by atoms with Gasteiger partial charge in [-0.25, -0.2) is 4.98 Å². The van der Waals surface area contributed by atoms with E-state index in [0.29, 0.717) is 10.7 Å². The largest absolute Gasteiger partial charge is 0.295 e. The molecule has 5 nitrogen and oxygen atoms in total. The summed E-state index contributed by atoms with van der Waals surface area (Å²) in [5.41, 5.74) is 6.31. The average molecular weight is 332 g/mol. The van der Waals surface area contributed by atoms with Gasteiger partial charge >= 0.3 is 0 Å². The number of benzene rings is 1. The number of anilines is 1. The van der Waals surface area contributed by atoms with Crippen LogP contribution in [0, 0.1) is 6.92 Å². The normalized spacial score (nSPS) is 10.2. The maximum atomic E-state index is 11.8. The number of halogens is 3. The van der Waals surface area contributed by atoms with Crippen molar-refractivity contribution in [1.29, 1.82) is 0 Å². The molecule has 8 heteroatoms. The lowest BCUT2D eigenvalue weighted by atomic mass is 10.3. The average Bonchev–Trinajstić information content (AvgIpc) is 2.38. The Morgan fingerprint density at radius 3 is 2.30 bits per heavy atom. The summed E-state index contributed by atoms with van der Waals surface area (Å²) in [6, 6.07) is 3.02. The fourth-order valence-corrected chi connectivity index (χ4v) is 2.27. The van der Waals surface area contributed by atoms with Gasteiger partial charge in [-0.15, -0.1) is 0 Å². The molecule has 0 unspecified atom stereocenters. The van der Waals surface area contributed by atoms with Crippen LogP contribution in [0.4, 0.5) is 5.69 Å². The molecule has 2 rings (SSSR count). The van der Waals surface area contributed by atoms with Gasteiger partial charge in [0.05, 0.1) is 27.6 Å². The number of aromatic nitrogens is 2. The van der Waals surface area contributed by atoms with Gasteiger partial charge in [-0.3, -0.25) is 20.6 Å². The fourth-order valence-electron chi connectivity index (χ4n) is 1.35. The fraction of sp³-hybridized carbons (Fsp3) is 0.0833. The molecule has 0 saturated heterocycles. The van der Waals surface area contributed by atoms with E-state index >= 15 is 0 Å². The Hall–Kier alpha value is -1.56. The van der Waals surface area contributed by atoms with E-state index in [9.17, 15) is 4.79 Å². The molecule has 1 aromatic carbocycles. The van der Waals surface area contributed by atoms with E-state index in [4.69, 9.17) is 34.8 Å². The van der Waals surface area contributed by atoms with Crippen LogP contribution in [0.3, 0.4) is 0 Å². The van der Waals surface area contributed by atoms with Crippen molar-refractivity contribution in [3.8, 4) is 0 Å². The Morgan fingerprint density at radius 1 is 1.10 bits per heavy atom. The van der Waals surface area contributed by atoms with Crippen LogP contribution in [0.2, 0.25) is 15.1 Å². The summed E-state index contributed by atoms with van der Waals surface area (Å²) < 4.78 is 0. The Balaban J connectivity index is 2.09. The number of hydrazine groups is 1. The lowest BCUT2D eigenvalue weighted by Gasteiger charge is -2.11. The van der Waals surface area contributed by atoms with Crippen molar-refractivity contribution in [3.63, 3.8) is 0 Å². The Bertz CT molecular complexity index is 623. The molecule has 0 aliphatic heterocycles. The summed E-state index contributed by atoms with van der Waals surface area (Å²) in [6.07, 6.45) is 2.87. The Labute approximate surface area is 130 Å². The molecular formula is C12H9Cl3N4O. The second-order valence-electron chi connectivity index (χ2n) is 3.87.